The van der Waals surface area contributed by atoms with Crippen molar-refractivity contribution in [2.45, 2.75) is 33.1 Å². The SMILES string of the molecule is CCCCNc1ncc(C(=O)OCC)c(NCCCN2CCOCC2)n1. The third-order valence-corrected chi connectivity index (χ3v) is 4.14. The number of anilines is 2. The highest BCUT2D eigenvalue weighted by molar-refractivity contribution is 5.94. The zero-order valence-electron chi connectivity index (χ0n) is 15.9. The first kappa shape index (κ1) is 20.4. The monoisotopic (exact) mass is 365 g/mol. The molecule has 0 bridgehead atoms. The zero-order valence-corrected chi connectivity index (χ0v) is 15.9. The van der Waals surface area contributed by atoms with E-state index in [2.05, 4.69) is 32.4 Å². The number of unbranched alkanes of at least 4 members (excludes halogenated alkanes) is 1. The summed E-state index contributed by atoms with van der Waals surface area (Å²) in [4.78, 5) is 23.2. The molecule has 1 fully saturated rings. The molecule has 26 heavy (non-hydrogen) atoms. The van der Waals surface area contributed by atoms with Gasteiger partial charge in [-0.3, -0.25) is 4.90 Å². The van der Waals surface area contributed by atoms with Crippen LogP contribution >= 0.6 is 0 Å². The summed E-state index contributed by atoms with van der Waals surface area (Å²) in [6, 6.07) is 0. The van der Waals surface area contributed by atoms with Crippen LogP contribution in [0, 0.1) is 0 Å². The predicted molar refractivity (Wildman–Crippen MR) is 102 cm³/mol. The lowest BCUT2D eigenvalue weighted by Crippen LogP contribution is -2.37. The van der Waals surface area contributed by atoms with Gasteiger partial charge in [0.25, 0.3) is 0 Å². The molecule has 1 aromatic rings. The normalized spacial score (nSPS) is 14.8. The molecule has 1 aliphatic rings. The number of morpholine rings is 1. The average molecular weight is 365 g/mol. The number of rotatable bonds is 11. The Hall–Kier alpha value is -1.93. The lowest BCUT2D eigenvalue weighted by atomic mass is 10.3. The molecule has 146 valence electrons. The van der Waals surface area contributed by atoms with E-state index in [1.165, 1.54) is 6.20 Å². The summed E-state index contributed by atoms with van der Waals surface area (Å²) >= 11 is 0. The molecule has 0 amide bonds. The van der Waals surface area contributed by atoms with Gasteiger partial charge in [-0.05, 0) is 26.3 Å². The van der Waals surface area contributed by atoms with E-state index >= 15 is 0 Å². The summed E-state index contributed by atoms with van der Waals surface area (Å²) in [6.07, 6.45) is 4.64. The second-order valence-corrected chi connectivity index (χ2v) is 6.19. The summed E-state index contributed by atoms with van der Waals surface area (Å²) in [5.41, 5.74) is 0.374. The number of hydrogen-bond acceptors (Lipinski definition) is 8. The second-order valence-electron chi connectivity index (χ2n) is 6.19. The average Bonchev–Trinajstić information content (AvgIpc) is 2.66. The van der Waals surface area contributed by atoms with Crippen molar-refractivity contribution in [2.24, 2.45) is 0 Å². The molecule has 2 rings (SSSR count). The van der Waals surface area contributed by atoms with Gasteiger partial charge in [0.05, 0.1) is 19.8 Å². The Morgan fingerprint density at radius 1 is 1.23 bits per heavy atom. The standard InChI is InChI=1S/C18H31N5O3/c1-3-5-7-20-18-21-14-15(17(24)26-4-2)16(22-18)19-8-6-9-23-10-12-25-13-11-23/h14H,3-13H2,1-2H3,(H2,19,20,21,22). The minimum atomic E-state index is -0.400. The molecule has 8 nitrogen and oxygen atoms in total. The number of nitrogens with zero attached hydrogens (tertiary/aromatic N) is 3. The Bertz CT molecular complexity index is 550. The Balaban J connectivity index is 1.92. The fourth-order valence-electron chi connectivity index (χ4n) is 2.67. The molecule has 0 unspecified atom stereocenters. The van der Waals surface area contributed by atoms with Crippen LogP contribution in [0.25, 0.3) is 0 Å². The highest BCUT2D eigenvalue weighted by atomic mass is 16.5. The molecule has 0 aliphatic carbocycles. The Kier molecular flexibility index (Phi) is 9.13. The molecule has 2 heterocycles. The quantitative estimate of drug-likeness (QED) is 0.455. The van der Waals surface area contributed by atoms with Crippen LogP contribution < -0.4 is 10.6 Å². The van der Waals surface area contributed by atoms with E-state index in [1.807, 2.05) is 0 Å². The summed E-state index contributed by atoms with van der Waals surface area (Å²) in [6.45, 7) is 10.4. The maximum Gasteiger partial charge on any atom is 0.343 e. The van der Waals surface area contributed by atoms with Crippen LogP contribution in [0.1, 0.15) is 43.5 Å². The largest absolute Gasteiger partial charge is 0.462 e. The molecule has 0 saturated carbocycles. The molecule has 2 N–H and O–H groups in total. The minimum Gasteiger partial charge on any atom is -0.462 e. The molecule has 1 aliphatic heterocycles. The fourth-order valence-corrected chi connectivity index (χ4v) is 2.67. The van der Waals surface area contributed by atoms with Gasteiger partial charge in [-0.15, -0.1) is 0 Å². The van der Waals surface area contributed by atoms with Crippen LogP contribution in [0.15, 0.2) is 6.20 Å². The fraction of sp³-hybridized carbons (Fsp3) is 0.722. The van der Waals surface area contributed by atoms with Crippen molar-refractivity contribution in [3.63, 3.8) is 0 Å². The van der Waals surface area contributed by atoms with Crippen LogP contribution in [0.5, 0.6) is 0 Å². The van der Waals surface area contributed by atoms with Crippen LogP contribution in [0.2, 0.25) is 0 Å². The highest BCUT2D eigenvalue weighted by Gasteiger charge is 2.16. The molecule has 8 heteroatoms. The lowest BCUT2D eigenvalue weighted by molar-refractivity contribution is 0.0378. The van der Waals surface area contributed by atoms with Gasteiger partial charge in [0.2, 0.25) is 5.95 Å². The van der Waals surface area contributed by atoms with Gasteiger partial charge in [-0.1, -0.05) is 13.3 Å². The maximum atomic E-state index is 12.1. The minimum absolute atomic E-state index is 0.325. The lowest BCUT2D eigenvalue weighted by Gasteiger charge is -2.26. The summed E-state index contributed by atoms with van der Waals surface area (Å²) in [5, 5.41) is 6.46. The van der Waals surface area contributed by atoms with Gasteiger partial charge >= 0.3 is 5.97 Å². The topological polar surface area (TPSA) is 88.6 Å². The third kappa shape index (κ3) is 6.76. The van der Waals surface area contributed by atoms with Crippen LogP contribution in [0.3, 0.4) is 0 Å². The first-order valence-corrected chi connectivity index (χ1v) is 9.56. The summed E-state index contributed by atoms with van der Waals surface area (Å²) in [7, 11) is 0. The molecule has 0 spiro atoms. The van der Waals surface area contributed by atoms with Crippen molar-refractivity contribution in [3.8, 4) is 0 Å². The number of carbonyl (C=O) groups is 1. The maximum absolute atomic E-state index is 12.1. The molecule has 0 radical (unpaired) electrons. The third-order valence-electron chi connectivity index (χ3n) is 4.14. The molecular formula is C18H31N5O3. The van der Waals surface area contributed by atoms with E-state index in [0.29, 0.717) is 23.9 Å². The van der Waals surface area contributed by atoms with Crippen molar-refractivity contribution >= 4 is 17.7 Å². The summed E-state index contributed by atoms with van der Waals surface area (Å²) in [5.74, 6) is 0.657. The molecule has 0 atom stereocenters. The molecular weight excluding hydrogens is 334 g/mol. The van der Waals surface area contributed by atoms with Crippen molar-refractivity contribution in [2.75, 3.05) is 63.2 Å². The first-order chi connectivity index (χ1) is 12.7. The highest BCUT2D eigenvalue weighted by Crippen LogP contribution is 2.15. The number of ether oxygens (including phenoxy) is 2. The molecule has 1 saturated heterocycles. The van der Waals surface area contributed by atoms with E-state index < -0.39 is 5.97 Å². The van der Waals surface area contributed by atoms with Crippen molar-refractivity contribution in [1.82, 2.24) is 14.9 Å². The Labute approximate surface area is 155 Å². The molecule has 1 aromatic heterocycles. The van der Waals surface area contributed by atoms with Crippen LogP contribution in [0.4, 0.5) is 11.8 Å². The van der Waals surface area contributed by atoms with Gasteiger partial charge in [0.15, 0.2) is 0 Å². The van der Waals surface area contributed by atoms with E-state index in [1.54, 1.807) is 6.92 Å². The van der Waals surface area contributed by atoms with Crippen LogP contribution in [-0.2, 0) is 9.47 Å². The number of hydrogen-bond donors (Lipinski definition) is 2. The predicted octanol–water partition coefficient (Wildman–Crippen LogP) is 2.00. The van der Waals surface area contributed by atoms with Crippen molar-refractivity contribution < 1.29 is 14.3 Å². The Morgan fingerprint density at radius 3 is 2.73 bits per heavy atom. The number of carbonyl (C=O) groups excluding carboxylic acids is 1. The van der Waals surface area contributed by atoms with E-state index in [9.17, 15) is 4.79 Å². The smallest absolute Gasteiger partial charge is 0.343 e. The summed E-state index contributed by atoms with van der Waals surface area (Å²) < 4.78 is 10.5. The van der Waals surface area contributed by atoms with E-state index in [0.717, 1.165) is 65.2 Å². The van der Waals surface area contributed by atoms with Gasteiger partial charge in [0.1, 0.15) is 11.4 Å². The van der Waals surface area contributed by atoms with Gasteiger partial charge < -0.3 is 20.1 Å². The number of esters is 1. The zero-order chi connectivity index (χ0) is 18.6. The van der Waals surface area contributed by atoms with Gasteiger partial charge in [-0.25, -0.2) is 9.78 Å². The number of aromatic nitrogens is 2. The number of nitrogens with one attached hydrogen (secondary N) is 2. The molecule has 0 aromatic carbocycles. The van der Waals surface area contributed by atoms with Gasteiger partial charge in [0, 0.05) is 32.4 Å². The van der Waals surface area contributed by atoms with E-state index in [4.69, 9.17) is 9.47 Å². The van der Waals surface area contributed by atoms with Gasteiger partial charge in [-0.2, -0.15) is 4.98 Å². The Morgan fingerprint density at radius 2 is 2.00 bits per heavy atom. The van der Waals surface area contributed by atoms with Crippen molar-refractivity contribution in [3.05, 3.63) is 11.8 Å². The first-order valence-electron chi connectivity index (χ1n) is 9.56. The second kappa shape index (κ2) is 11.6. The van der Waals surface area contributed by atoms with E-state index in [-0.39, 0.29) is 0 Å². The van der Waals surface area contributed by atoms with Crippen LogP contribution in [-0.4, -0.2) is 73.4 Å². The van der Waals surface area contributed by atoms with Crippen molar-refractivity contribution in [1.29, 1.82) is 0 Å².